The highest BCUT2D eigenvalue weighted by Gasteiger charge is 2.29. The maximum absolute atomic E-state index is 6.15. The van der Waals surface area contributed by atoms with Crippen molar-refractivity contribution in [2.75, 3.05) is 26.4 Å². The van der Waals surface area contributed by atoms with Crippen LogP contribution in [0, 0.1) is 5.92 Å². The van der Waals surface area contributed by atoms with Crippen LogP contribution >= 0.6 is 0 Å². The van der Waals surface area contributed by atoms with Crippen molar-refractivity contribution in [3.63, 3.8) is 0 Å². The van der Waals surface area contributed by atoms with Gasteiger partial charge in [0.25, 0.3) is 0 Å². The zero-order valence-corrected chi connectivity index (χ0v) is 12.6. The van der Waals surface area contributed by atoms with Crippen molar-refractivity contribution in [1.82, 2.24) is 5.32 Å². The zero-order valence-electron chi connectivity index (χ0n) is 12.6. The lowest BCUT2D eigenvalue weighted by Gasteiger charge is -2.33. The van der Waals surface area contributed by atoms with Crippen LogP contribution in [0.4, 0.5) is 0 Å². The van der Waals surface area contributed by atoms with Gasteiger partial charge in [0.05, 0.1) is 31.5 Å². The molecule has 0 aromatic rings. The summed E-state index contributed by atoms with van der Waals surface area (Å²) in [6.45, 7) is 10.00. The van der Waals surface area contributed by atoms with E-state index in [0.29, 0.717) is 30.3 Å². The molecule has 0 amide bonds. The third-order valence-electron chi connectivity index (χ3n) is 4.17. The van der Waals surface area contributed by atoms with Gasteiger partial charge >= 0.3 is 0 Å². The van der Waals surface area contributed by atoms with Gasteiger partial charge < -0.3 is 19.5 Å². The lowest BCUT2D eigenvalue weighted by atomic mass is 9.99. The zero-order chi connectivity index (χ0) is 13.7. The third-order valence-corrected chi connectivity index (χ3v) is 4.17. The van der Waals surface area contributed by atoms with Crippen molar-refractivity contribution in [2.24, 2.45) is 5.92 Å². The molecular weight excluding hydrogens is 242 g/mol. The second-order valence-corrected chi connectivity index (χ2v) is 5.97. The van der Waals surface area contributed by atoms with Crippen LogP contribution in [0.5, 0.6) is 0 Å². The van der Waals surface area contributed by atoms with Crippen molar-refractivity contribution >= 4 is 0 Å². The van der Waals surface area contributed by atoms with E-state index in [1.54, 1.807) is 0 Å². The molecule has 4 atom stereocenters. The van der Waals surface area contributed by atoms with Crippen LogP contribution in [-0.4, -0.2) is 50.7 Å². The summed E-state index contributed by atoms with van der Waals surface area (Å²) >= 11 is 0. The Bertz CT molecular complexity index is 246. The minimum Gasteiger partial charge on any atom is -0.381 e. The van der Waals surface area contributed by atoms with E-state index >= 15 is 0 Å². The van der Waals surface area contributed by atoms with Gasteiger partial charge in [-0.05, 0) is 39.7 Å². The summed E-state index contributed by atoms with van der Waals surface area (Å²) in [7, 11) is 0. The Morgan fingerprint density at radius 3 is 2.58 bits per heavy atom. The van der Waals surface area contributed by atoms with Crippen LogP contribution in [0.25, 0.3) is 0 Å². The normalized spacial score (nSPS) is 37.4. The van der Waals surface area contributed by atoms with Gasteiger partial charge in [0.2, 0.25) is 0 Å². The highest BCUT2D eigenvalue weighted by Crippen LogP contribution is 2.23. The van der Waals surface area contributed by atoms with Crippen LogP contribution in [0.3, 0.4) is 0 Å². The van der Waals surface area contributed by atoms with Crippen LogP contribution in [-0.2, 0) is 14.2 Å². The van der Waals surface area contributed by atoms with E-state index in [1.165, 1.54) is 0 Å². The molecular formula is C15H29NO3. The molecule has 112 valence electrons. The molecule has 2 fully saturated rings. The summed E-state index contributed by atoms with van der Waals surface area (Å²) < 4.78 is 17.4. The molecule has 2 aliphatic rings. The van der Waals surface area contributed by atoms with Gasteiger partial charge in [-0.25, -0.2) is 0 Å². The van der Waals surface area contributed by atoms with E-state index < -0.39 is 0 Å². The van der Waals surface area contributed by atoms with Gasteiger partial charge in [0.15, 0.2) is 0 Å². The van der Waals surface area contributed by atoms with Crippen LogP contribution < -0.4 is 5.32 Å². The molecule has 4 nitrogen and oxygen atoms in total. The predicted octanol–water partition coefficient (Wildman–Crippen LogP) is 1.97. The fraction of sp³-hybridized carbons (Fsp3) is 1.00. The number of rotatable bonds is 6. The van der Waals surface area contributed by atoms with Gasteiger partial charge in [-0.3, -0.25) is 0 Å². The first-order chi connectivity index (χ1) is 9.19. The molecule has 0 aromatic heterocycles. The maximum Gasteiger partial charge on any atom is 0.0627 e. The van der Waals surface area contributed by atoms with Crippen LogP contribution in [0.1, 0.15) is 40.0 Å². The largest absolute Gasteiger partial charge is 0.381 e. The average molecular weight is 271 g/mol. The van der Waals surface area contributed by atoms with E-state index in [4.69, 9.17) is 14.2 Å². The molecule has 1 N–H and O–H groups in total. The number of likely N-dealkylation sites (N-methyl/N-ethyl adjacent to an activating group) is 1. The Hall–Kier alpha value is -0.160. The van der Waals surface area contributed by atoms with E-state index in [0.717, 1.165) is 45.6 Å². The Kier molecular flexibility index (Phi) is 6.07. The van der Waals surface area contributed by atoms with Gasteiger partial charge in [0, 0.05) is 18.6 Å². The van der Waals surface area contributed by atoms with Crippen molar-refractivity contribution in [3.8, 4) is 0 Å². The molecule has 4 unspecified atom stereocenters. The van der Waals surface area contributed by atoms with Crippen LogP contribution in [0.2, 0.25) is 0 Å². The fourth-order valence-electron chi connectivity index (χ4n) is 3.21. The molecule has 2 heterocycles. The highest BCUT2D eigenvalue weighted by molar-refractivity contribution is 4.80. The van der Waals surface area contributed by atoms with E-state index in [-0.39, 0.29) is 0 Å². The van der Waals surface area contributed by atoms with Crippen molar-refractivity contribution in [3.05, 3.63) is 0 Å². The first-order valence-electron chi connectivity index (χ1n) is 7.77. The third kappa shape index (κ3) is 4.71. The summed E-state index contributed by atoms with van der Waals surface area (Å²) in [6.07, 6.45) is 4.18. The maximum atomic E-state index is 6.15. The molecule has 4 heteroatoms. The first kappa shape index (κ1) is 15.2. The van der Waals surface area contributed by atoms with Gasteiger partial charge in [-0.1, -0.05) is 6.92 Å². The lowest BCUT2D eigenvalue weighted by molar-refractivity contribution is -0.106. The Labute approximate surface area is 117 Å². The van der Waals surface area contributed by atoms with E-state index in [1.807, 2.05) is 0 Å². The highest BCUT2D eigenvalue weighted by atomic mass is 16.5. The average Bonchev–Trinajstić information content (AvgIpc) is 2.87. The quantitative estimate of drug-likeness (QED) is 0.802. The van der Waals surface area contributed by atoms with Gasteiger partial charge in [-0.15, -0.1) is 0 Å². The van der Waals surface area contributed by atoms with E-state index in [9.17, 15) is 0 Å². The second-order valence-electron chi connectivity index (χ2n) is 5.97. The Morgan fingerprint density at radius 1 is 1.26 bits per heavy atom. The van der Waals surface area contributed by atoms with Crippen molar-refractivity contribution in [2.45, 2.75) is 64.4 Å². The Morgan fingerprint density at radius 2 is 2.00 bits per heavy atom. The van der Waals surface area contributed by atoms with Gasteiger partial charge in [0.1, 0.15) is 0 Å². The van der Waals surface area contributed by atoms with E-state index in [2.05, 4.69) is 26.1 Å². The molecule has 0 bridgehead atoms. The monoisotopic (exact) mass is 271 g/mol. The molecule has 2 aliphatic heterocycles. The molecule has 0 aliphatic carbocycles. The standard InChI is InChI=1S/C15H29NO3/c1-4-16-15(13-5-6-17-9-13)10-18-14-7-11(2)19-12(3)8-14/h11-16H,4-10H2,1-3H3. The summed E-state index contributed by atoms with van der Waals surface area (Å²) in [5.74, 6) is 0.606. The molecule has 0 saturated carbocycles. The smallest absolute Gasteiger partial charge is 0.0627 e. The molecule has 0 spiro atoms. The van der Waals surface area contributed by atoms with Gasteiger partial charge in [-0.2, -0.15) is 0 Å². The number of nitrogens with one attached hydrogen (secondary N) is 1. The van der Waals surface area contributed by atoms with Crippen molar-refractivity contribution < 1.29 is 14.2 Å². The predicted molar refractivity (Wildman–Crippen MR) is 75.4 cm³/mol. The summed E-state index contributed by atoms with van der Waals surface area (Å²) in [5, 5.41) is 3.55. The fourth-order valence-corrected chi connectivity index (χ4v) is 3.21. The topological polar surface area (TPSA) is 39.7 Å². The molecule has 19 heavy (non-hydrogen) atoms. The SMILES string of the molecule is CCNC(COC1CC(C)OC(C)C1)C1CCOC1. The molecule has 0 radical (unpaired) electrons. The van der Waals surface area contributed by atoms with Crippen molar-refractivity contribution in [1.29, 1.82) is 0 Å². The summed E-state index contributed by atoms with van der Waals surface area (Å²) in [5.41, 5.74) is 0. The lowest BCUT2D eigenvalue weighted by Crippen LogP contribution is -2.43. The minimum absolute atomic E-state index is 0.321. The number of ether oxygens (including phenoxy) is 3. The summed E-state index contributed by atoms with van der Waals surface area (Å²) in [6, 6.07) is 0.431. The molecule has 2 rings (SSSR count). The number of hydrogen-bond donors (Lipinski definition) is 1. The Balaban J connectivity index is 1.77. The second kappa shape index (κ2) is 7.58. The molecule has 0 aromatic carbocycles. The minimum atomic E-state index is 0.321. The summed E-state index contributed by atoms with van der Waals surface area (Å²) in [4.78, 5) is 0. The number of hydrogen-bond acceptors (Lipinski definition) is 4. The van der Waals surface area contributed by atoms with Crippen LogP contribution in [0.15, 0.2) is 0 Å². The first-order valence-corrected chi connectivity index (χ1v) is 7.77. The molecule has 2 saturated heterocycles.